The minimum absolute atomic E-state index is 0.00390. The Balaban J connectivity index is 2.35. The molecule has 0 unspecified atom stereocenters. The van der Waals surface area contributed by atoms with E-state index in [9.17, 15) is 13.2 Å². The molecule has 0 aromatic heterocycles. The fourth-order valence-corrected chi connectivity index (χ4v) is 3.57. The minimum atomic E-state index is -3.86. The van der Waals surface area contributed by atoms with Crippen molar-refractivity contribution in [3.05, 3.63) is 57.6 Å². The van der Waals surface area contributed by atoms with Crippen LogP contribution < -0.4 is 4.72 Å². The number of aromatic carboxylic acids is 1. The zero-order chi connectivity index (χ0) is 16.5. The van der Waals surface area contributed by atoms with Crippen LogP contribution in [0.2, 0.25) is 10.0 Å². The van der Waals surface area contributed by atoms with Crippen molar-refractivity contribution in [1.29, 1.82) is 0 Å². The second-order valence-corrected chi connectivity index (χ2v) is 6.99. The van der Waals surface area contributed by atoms with Crippen LogP contribution in [0.1, 0.15) is 15.9 Å². The fraction of sp³-hybridized carbons (Fsp3) is 0.0714. The number of aryl methyl sites for hydroxylation is 1. The number of hydrogen-bond acceptors (Lipinski definition) is 3. The Kier molecular flexibility index (Phi) is 4.65. The molecule has 22 heavy (non-hydrogen) atoms. The van der Waals surface area contributed by atoms with Crippen LogP contribution in [0.25, 0.3) is 0 Å². The zero-order valence-electron chi connectivity index (χ0n) is 11.3. The van der Waals surface area contributed by atoms with Gasteiger partial charge in [0.25, 0.3) is 10.0 Å². The Morgan fingerprint density at radius 2 is 1.64 bits per heavy atom. The van der Waals surface area contributed by atoms with Crippen molar-refractivity contribution in [3.63, 3.8) is 0 Å². The fourth-order valence-electron chi connectivity index (χ4n) is 1.81. The summed E-state index contributed by atoms with van der Waals surface area (Å²) in [4.78, 5) is 10.8. The molecule has 8 heteroatoms. The third-order valence-electron chi connectivity index (χ3n) is 2.89. The summed E-state index contributed by atoms with van der Waals surface area (Å²) in [5, 5.41) is 9.21. The van der Waals surface area contributed by atoms with Gasteiger partial charge in [0.2, 0.25) is 0 Å². The Labute approximate surface area is 137 Å². The number of nitrogens with one attached hydrogen (secondary N) is 1. The van der Waals surface area contributed by atoms with Crippen LogP contribution in [0.5, 0.6) is 0 Å². The lowest BCUT2D eigenvalue weighted by atomic mass is 10.2. The lowest BCUT2D eigenvalue weighted by Crippen LogP contribution is -2.14. The largest absolute Gasteiger partial charge is 0.478 e. The molecule has 0 aliphatic rings. The smallest absolute Gasteiger partial charge is 0.335 e. The molecule has 116 valence electrons. The van der Waals surface area contributed by atoms with Gasteiger partial charge in [0.1, 0.15) is 0 Å². The number of rotatable bonds is 4. The van der Waals surface area contributed by atoms with Crippen molar-refractivity contribution >= 4 is 44.9 Å². The van der Waals surface area contributed by atoms with Gasteiger partial charge in [0.15, 0.2) is 0 Å². The Bertz CT molecular complexity index is 833. The molecule has 0 saturated heterocycles. The van der Waals surface area contributed by atoms with Crippen molar-refractivity contribution in [3.8, 4) is 0 Å². The monoisotopic (exact) mass is 359 g/mol. The van der Waals surface area contributed by atoms with Crippen LogP contribution in [0.15, 0.2) is 41.3 Å². The first-order valence-corrected chi connectivity index (χ1v) is 8.26. The van der Waals surface area contributed by atoms with Gasteiger partial charge in [-0.1, -0.05) is 23.2 Å². The molecule has 2 aromatic carbocycles. The Hall–Kier alpha value is -1.76. The maximum atomic E-state index is 12.4. The van der Waals surface area contributed by atoms with Gasteiger partial charge in [0, 0.05) is 5.69 Å². The van der Waals surface area contributed by atoms with Crippen LogP contribution in [0, 0.1) is 6.92 Å². The van der Waals surface area contributed by atoms with Crippen molar-refractivity contribution in [2.75, 3.05) is 4.72 Å². The van der Waals surface area contributed by atoms with E-state index in [-0.39, 0.29) is 26.2 Å². The van der Waals surface area contributed by atoms with Crippen LogP contribution in [0.3, 0.4) is 0 Å². The molecule has 5 nitrogen and oxygen atoms in total. The highest BCUT2D eigenvalue weighted by molar-refractivity contribution is 7.92. The van der Waals surface area contributed by atoms with E-state index in [4.69, 9.17) is 28.3 Å². The molecule has 2 aromatic rings. The van der Waals surface area contributed by atoms with Crippen LogP contribution >= 0.6 is 23.2 Å². The molecule has 0 radical (unpaired) electrons. The normalized spacial score (nSPS) is 11.2. The number of hydrogen-bond donors (Lipinski definition) is 2. The van der Waals surface area contributed by atoms with Gasteiger partial charge >= 0.3 is 5.97 Å². The summed E-state index contributed by atoms with van der Waals surface area (Å²) < 4.78 is 27.1. The van der Waals surface area contributed by atoms with E-state index in [0.717, 1.165) is 0 Å². The number of anilines is 1. The molecule has 0 heterocycles. The molecule has 0 fully saturated rings. The molecular formula is C14H11Cl2NO4S. The summed E-state index contributed by atoms with van der Waals surface area (Å²) in [6.45, 7) is 1.60. The van der Waals surface area contributed by atoms with Gasteiger partial charge in [-0.25, -0.2) is 13.2 Å². The summed E-state index contributed by atoms with van der Waals surface area (Å²) >= 11 is 11.7. The average molecular weight is 360 g/mol. The first kappa shape index (κ1) is 16.6. The number of carboxylic acid groups (broad SMARTS) is 1. The van der Waals surface area contributed by atoms with Gasteiger partial charge in [-0.15, -0.1) is 0 Å². The number of sulfonamides is 1. The number of carboxylic acids is 1. The zero-order valence-corrected chi connectivity index (χ0v) is 13.6. The third-order valence-corrected chi connectivity index (χ3v) is 5.14. The molecule has 0 amide bonds. The van der Waals surface area contributed by atoms with E-state index < -0.39 is 16.0 Å². The summed E-state index contributed by atoms with van der Waals surface area (Å²) in [6, 6.07) is 8.09. The first-order chi connectivity index (χ1) is 10.2. The van der Waals surface area contributed by atoms with E-state index >= 15 is 0 Å². The molecule has 0 spiro atoms. The maximum Gasteiger partial charge on any atom is 0.335 e. The van der Waals surface area contributed by atoms with Gasteiger partial charge in [0.05, 0.1) is 20.5 Å². The SMILES string of the molecule is Cc1cc(Cl)c(Cl)cc1S(=O)(=O)Nc1ccc(C(=O)O)cc1. The van der Waals surface area contributed by atoms with Crippen molar-refractivity contribution in [1.82, 2.24) is 0 Å². The molecule has 0 saturated carbocycles. The maximum absolute atomic E-state index is 12.4. The summed E-state index contributed by atoms with van der Waals surface area (Å²) in [7, 11) is -3.86. The van der Waals surface area contributed by atoms with Crippen molar-refractivity contribution in [2.24, 2.45) is 0 Å². The molecule has 2 N–H and O–H groups in total. The van der Waals surface area contributed by atoms with Crippen molar-refractivity contribution < 1.29 is 18.3 Å². The summed E-state index contributed by atoms with van der Waals surface area (Å²) in [5.41, 5.74) is 0.758. The minimum Gasteiger partial charge on any atom is -0.478 e. The van der Waals surface area contributed by atoms with Gasteiger partial charge < -0.3 is 5.11 Å². The molecule has 0 atom stereocenters. The highest BCUT2D eigenvalue weighted by Crippen LogP contribution is 2.29. The lowest BCUT2D eigenvalue weighted by molar-refractivity contribution is 0.0697. The second-order valence-electron chi connectivity index (χ2n) is 4.52. The van der Waals surface area contributed by atoms with Crippen LogP contribution in [0.4, 0.5) is 5.69 Å². The molecular weight excluding hydrogens is 349 g/mol. The van der Waals surface area contributed by atoms with E-state index in [1.54, 1.807) is 6.92 Å². The van der Waals surface area contributed by atoms with Gasteiger partial charge in [-0.3, -0.25) is 4.72 Å². The van der Waals surface area contributed by atoms with Gasteiger partial charge in [-0.05, 0) is 48.9 Å². The predicted molar refractivity (Wildman–Crippen MR) is 85.4 cm³/mol. The highest BCUT2D eigenvalue weighted by Gasteiger charge is 2.19. The molecule has 2 rings (SSSR count). The van der Waals surface area contributed by atoms with Crippen LogP contribution in [-0.2, 0) is 10.0 Å². The van der Waals surface area contributed by atoms with E-state index in [2.05, 4.69) is 4.72 Å². The predicted octanol–water partition coefficient (Wildman–Crippen LogP) is 3.80. The summed E-state index contributed by atoms with van der Waals surface area (Å²) in [5.74, 6) is -1.09. The van der Waals surface area contributed by atoms with Gasteiger partial charge in [-0.2, -0.15) is 0 Å². The average Bonchev–Trinajstić information content (AvgIpc) is 2.42. The topological polar surface area (TPSA) is 83.5 Å². The Morgan fingerprint density at radius 1 is 1.09 bits per heavy atom. The standard InChI is InChI=1S/C14H11Cl2NO4S/c1-8-6-11(15)12(16)7-13(8)22(20,21)17-10-4-2-9(3-5-10)14(18)19/h2-7,17H,1H3,(H,18,19). The molecule has 0 aliphatic carbocycles. The summed E-state index contributed by atoms with van der Waals surface area (Å²) in [6.07, 6.45) is 0. The highest BCUT2D eigenvalue weighted by atomic mass is 35.5. The van der Waals surface area contributed by atoms with E-state index in [1.165, 1.54) is 36.4 Å². The quantitative estimate of drug-likeness (QED) is 0.869. The molecule has 0 bridgehead atoms. The third kappa shape index (κ3) is 3.52. The number of carbonyl (C=O) groups is 1. The number of benzene rings is 2. The Morgan fingerprint density at radius 3 is 2.18 bits per heavy atom. The lowest BCUT2D eigenvalue weighted by Gasteiger charge is -2.11. The number of halogens is 2. The van der Waals surface area contributed by atoms with Crippen LogP contribution in [-0.4, -0.2) is 19.5 Å². The van der Waals surface area contributed by atoms with E-state index in [1.807, 2.05) is 0 Å². The first-order valence-electron chi connectivity index (χ1n) is 6.02. The van der Waals surface area contributed by atoms with Crippen molar-refractivity contribution in [2.45, 2.75) is 11.8 Å². The second kappa shape index (κ2) is 6.16. The molecule has 0 aliphatic heterocycles. The van der Waals surface area contributed by atoms with E-state index in [0.29, 0.717) is 5.56 Å².